The maximum Gasteiger partial charge on any atom is 0.192 e. The molecule has 0 unspecified atom stereocenters. The van der Waals surface area contributed by atoms with Crippen molar-refractivity contribution >= 4 is 23.4 Å². The number of hydrogen-bond donors (Lipinski definition) is 0. The first-order valence-corrected chi connectivity index (χ1v) is 7.81. The molecule has 1 aliphatic carbocycles. The van der Waals surface area contributed by atoms with E-state index in [1.807, 2.05) is 16.7 Å². The average Bonchev–Trinajstić information content (AvgIpc) is 3.21. The highest BCUT2D eigenvalue weighted by Crippen LogP contribution is 2.41. The minimum Gasteiger partial charge on any atom is -0.299 e. The number of halogens is 2. The van der Waals surface area contributed by atoms with Gasteiger partial charge in [0, 0.05) is 17.3 Å². The zero-order chi connectivity index (χ0) is 13.9. The number of rotatable bonds is 5. The van der Waals surface area contributed by atoms with Gasteiger partial charge in [0.25, 0.3) is 0 Å². The molecule has 6 heteroatoms. The van der Waals surface area contributed by atoms with E-state index in [4.69, 9.17) is 11.6 Å². The Hall–Kier alpha value is -1.33. The van der Waals surface area contributed by atoms with Gasteiger partial charge in [-0.3, -0.25) is 4.57 Å². The first-order valence-electron chi connectivity index (χ1n) is 6.39. The van der Waals surface area contributed by atoms with Crippen molar-refractivity contribution in [2.75, 3.05) is 5.75 Å². The first kappa shape index (κ1) is 13.6. The summed E-state index contributed by atoms with van der Waals surface area (Å²) in [5.74, 6) is 1.08. The van der Waals surface area contributed by atoms with Gasteiger partial charge in [-0.25, -0.2) is 4.39 Å². The Balaban J connectivity index is 1.97. The molecule has 104 valence electrons. The smallest absolute Gasteiger partial charge is 0.192 e. The van der Waals surface area contributed by atoms with Gasteiger partial charge in [0.15, 0.2) is 11.0 Å². The Morgan fingerprint density at radius 3 is 2.85 bits per heavy atom. The minimum absolute atomic E-state index is 0.265. The van der Waals surface area contributed by atoms with Gasteiger partial charge in [0.05, 0.1) is 5.56 Å². The van der Waals surface area contributed by atoms with Crippen molar-refractivity contribution in [3.63, 3.8) is 0 Å². The lowest BCUT2D eigenvalue weighted by Crippen LogP contribution is -2.00. The van der Waals surface area contributed by atoms with Crippen LogP contribution in [0, 0.1) is 5.82 Å². The van der Waals surface area contributed by atoms with Gasteiger partial charge in [0.2, 0.25) is 0 Å². The van der Waals surface area contributed by atoms with Crippen LogP contribution in [0.5, 0.6) is 0 Å². The highest BCUT2D eigenvalue weighted by atomic mass is 35.5. The van der Waals surface area contributed by atoms with Crippen LogP contribution in [0.3, 0.4) is 0 Å². The lowest BCUT2D eigenvalue weighted by atomic mass is 10.2. The molecular weight excluding hydrogens is 297 g/mol. The van der Waals surface area contributed by atoms with Crippen molar-refractivity contribution in [2.24, 2.45) is 0 Å². The molecule has 0 N–H and O–H groups in total. The summed E-state index contributed by atoms with van der Waals surface area (Å²) in [5, 5.41) is 9.20. The van der Waals surface area contributed by atoms with Crippen LogP contribution in [0.1, 0.15) is 18.9 Å². The van der Waals surface area contributed by atoms with Gasteiger partial charge in [0.1, 0.15) is 5.82 Å². The van der Waals surface area contributed by atoms with Crippen molar-refractivity contribution in [2.45, 2.75) is 24.0 Å². The van der Waals surface area contributed by atoms with Gasteiger partial charge in [-0.05, 0) is 25.0 Å². The molecule has 0 radical (unpaired) electrons. The van der Waals surface area contributed by atoms with E-state index in [0.717, 1.165) is 23.8 Å². The molecule has 1 aromatic carbocycles. The fourth-order valence-electron chi connectivity index (χ4n) is 2.02. The molecule has 0 atom stereocenters. The van der Waals surface area contributed by atoms with Crippen LogP contribution in [0.2, 0.25) is 0 Å². The monoisotopic (exact) mass is 309 g/mol. The summed E-state index contributed by atoms with van der Waals surface area (Å²) in [6.45, 7) is 0. The molecule has 0 amide bonds. The van der Waals surface area contributed by atoms with Crippen LogP contribution in [0.25, 0.3) is 11.4 Å². The van der Waals surface area contributed by atoms with E-state index in [1.165, 1.54) is 11.6 Å². The van der Waals surface area contributed by atoms with E-state index in [9.17, 15) is 4.39 Å². The van der Waals surface area contributed by atoms with Gasteiger partial charge < -0.3 is 0 Å². The molecule has 0 spiro atoms. The fraction of sp³-hybridized carbons (Fsp3) is 0.286. The normalized spacial score (nSPS) is 15.1. The maximum atomic E-state index is 13.9. The third-order valence-corrected chi connectivity index (χ3v) is 4.16. The maximum absolute atomic E-state index is 13.9. The van der Waals surface area contributed by atoms with E-state index in [0.29, 0.717) is 17.4 Å². The summed E-state index contributed by atoms with van der Waals surface area (Å²) in [5.41, 5.74) is 1.99. The predicted octanol–water partition coefficient (Wildman–Crippen LogP) is 4.26. The van der Waals surface area contributed by atoms with Crippen molar-refractivity contribution in [3.05, 3.63) is 41.7 Å². The molecule has 2 aromatic rings. The molecule has 1 aromatic heterocycles. The van der Waals surface area contributed by atoms with Crippen molar-refractivity contribution in [1.82, 2.24) is 14.8 Å². The summed E-state index contributed by atoms with van der Waals surface area (Å²) in [4.78, 5) is 0. The van der Waals surface area contributed by atoms with Gasteiger partial charge in [-0.15, -0.1) is 10.2 Å². The van der Waals surface area contributed by atoms with Crippen molar-refractivity contribution in [1.29, 1.82) is 0 Å². The number of thioether (sulfide) groups is 1. The molecule has 1 aliphatic rings. The summed E-state index contributed by atoms with van der Waals surface area (Å²) < 4.78 is 16.0. The molecule has 1 saturated carbocycles. The molecule has 1 fully saturated rings. The largest absolute Gasteiger partial charge is 0.299 e. The fourth-order valence-corrected chi connectivity index (χ4v) is 3.03. The second kappa shape index (κ2) is 5.97. The third kappa shape index (κ3) is 2.74. The number of hydrogen-bond acceptors (Lipinski definition) is 3. The Labute approximate surface area is 125 Å². The molecular formula is C14H13ClFN3S. The summed E-state index contributed by atoms with van der Waals surface area (Å²) >= 11 is 7.07. The molecule has 3 nitrogen and oxygen atoms in total. The summed E-state index contributed by atoms with van der Waals surface area (Å²) in [7, 11) is 0. The van der Waals surface area contributed by atoms with Crippen LogP contribution in [0.4, 0.5) is 4.39 Å². The highest BCUT2D eigenvalue weighted by molar-refractivity contribution is 7.99. The van der Waals surface area contributed by atoms with E-state index in [2.05, 4.69) is 10.2 Å². The summed E-state index contributed by atoms with van der Waals surface area (Å²) in [6, 6.07) is 7.07. The topological polar surface area (TPSA) is 30.7 Å². The summed E-state index contributed by atoms with van der Waals surface area (Å²) in [6.07, 6.45) is 4.04. The van der Waals surface area contributed by atoms with E-state index in [1.54, 1.807) is 23.9 Å². The Kier molecular flexibility index (Phi) is 4.08. The first-order chi connectivity index (χ1) is 9.81. The average molecular weight is 310 g/mol. The van der Waals surface area contributed by atoms with Crippen LogP contribution in [-0.2, 0) is 0 Å². The second-order valence-corrected chi connectivity index (χ2v) is 5.80. The Bertz CT molecular complexity index is 637. The Morgan fingerprint density at radius 1 is 1.35 bits per heavy atom. The third-order valence-electron chi connectivity index (χ3n) is 3.09. The van der Waals surface area contributed by atoms with Crippen molar-refractivity contribution < 1.29 is 4.39 Å². The van der Waals surface area contributed by atoms with E-state index >= 15 is 0 Å². The molecule has 0 aliphatic heterocycles. The Morgan fingerprint density at radius 2 is 2.15 bits per heavy atom. The SMILES string of the molecule is Fc1ccccc1-c1nnc(SCC=CCl)n1C1CC1. The molecule has 1 heterocycles. The van der Waals surface area contributed by atoms with Crippen LogP contribution in [-0.4, -0.2) is 20.5 Å². The van der Waals surface area contributed by atoms with Crippen LogP contribution in [0.15, 0.2) is 41.0 Å². The van der Waals surface area contributed by atoms with Crippen LogP contribution < -0.4 is 0 Å². The number of benzene rings is 1. The highest BCUT2D eigenvalue weighted by Gasteiger charge is 2.30. The minimum atomic E-state index is -0.265. The van der Waals surface area contributed by atoms with E-state index in [-0.39, 0.29) is 5.82 Å². The second-order valence-electron chi connectivity index (χ2n) is 4.56. The van der Waals surface area contributed by atoms with Gasteiger partial charge >= 0.3 is 0 Å². The van der Waals surface area contributed by atoms with Crippen LogP contribution >= 0.6 is 23.4 Å². The quantitative estimate of drug-likeness (QED) is 0.773. The lowest BCUT2D eigenvalue weighted by Gasteiger charge is -2.08. The van der Waals surface area contributed by atoms with Crippen molar-refractivity contribution in [3.8, 4) is 11.4 Å². The number of aromatic nitrogens is 3. The standard InChI is InChI=1S/C14H13ClFN3S/c15-8-3-9-20-14-18-17-13(19(14)10-6-7-10)11-4-1-2-5-12(11)16/h1-5,8,10H,6-7,9H2. The lowest BCUT2D eigenvalue weighted by molar-refractivity contribution is 0.622. The van der Waals surface area contributed by atoms with Gasteiger partial charge in [-0.2, -0.15) is 0 Å². The molecule has 0 bridgehead atoms. The zero-order valence-corrected chi connectivity index (χ0v) is 12.2. The number of nitrogens with zero attached hydrogens (tertiary/aromatic N) is 3. The molecule has 0 saturated heterocycles. The predicted molar refractivity (Wildman–Crippen MR) is 79.4 cm³/mol. The molecule has 20 heavy (non-hydrogen) atoms. The van der Waals surface area contributed by atoms with E-state index < -0.39 is 0 Å². The zero-order valence-electron chi connectivity index (χ0n) is 10.7. The van der Waals surface area contributed by atoms with Gasteiger partial charge in [-0.1, -0.05) is 41.6 Å². The molecule has 3 rings (SSSR count).